The van der Waals surface area contributed by atoms with Gasteiger partial charge in [-0.15, -0.1) is 12.4 Å². The molecule has 2 amide bonds. The van der Waals surface area contributed by atoms with E-state index in [9.17, 15) is 18.3 Å². The van der Waals surface area contributed by atoms with Crippen LogP contribution < -0.4 is 20.1 Å². The van der Waals surface area contributed by atoms with E-state index in [1.54, 1.807) is 42.5 Å². The van der Waals surface area contributed by atoms with E-state index < -0.39 is 10.0 Å². The lowest BCUT2D eigenvalue weighted by Crippen LogP contribution is -2.45. The topological polar surface area (TPSA) is 120 Å². The number of amides is 2. The van der Waals surface area contributed by atoms with E-state index >= 15 is 0 Å². The highest BCUT2D eigenvalue weighted by Crippen LogP contribution is 2.25. The second-order valence-corrected chi connectivity index (χ2v) is 10.6. The van der Waals surface area contributed by atoms with Crippen LogP contribution in [0.1, 0.15) is 18.4 Å². The smallest absolute Gasteiger partial charge is 0.319 e. The Hall–Kier alpha value is -3.47. The first-order valence-electron chi connectivity index (χ1n) is 11.7. The van der Waals surface area contributed by atoms with Gasteiger partial charge in [-0.2, -0.15) is 0 Å². The Labute approximate surface area is 223 Å². The van der Waals surface area contributed by atoms with Gasteiger partial charge >= 0.3 is 6.03 Å². The van der Waals surface area contributed by atoms with Crippen LogP contribution in [0.4, 0.5) is 16.2 Å². The molecule has 198 valence electrons. The van der Waals surface area contributed by atoms with E-state index in [0.717, 1.165) is 38.7 Å². The lowest BCUT2D eigenvalue weighted by Gasteiger charge is -2.32. The summed E-state index contributed by atoms with van der Waals surface area (Å²) in [7, 11) is -3.31. The van der Waals surface area contributed by atoms with Crippen molar-refractivity contribution in [3.8, 4) is 17.2 Å². The molecule has 9 nitrogen and oxygen atoms in total. The molecule has 37 heavy (non-hydrogen) atoms. The van der Waals surface area contributed by atoms with Crippen molar-refractivity contribution in [1.29, 1.82) is 0 Å². The fourth-order valence-corrected chi connectivity index (χ4v) is 4.59. The number of carbonyl (C=O) groups is 1. The molecule has 0 radical (unpaired) electrons. The molecule has 1 aliphatic rings. The Morgan fingerprint density at radius 3 is 2.16 bits per heavy atom. The molecule has 0 bridgehead atoms. The Kier molecular flexibility index (Phi) is 9.62. The van der Waals surface area contributed by atoms with Gasteiger partial charge in [0.05, 0.1) is 11.9 Å². The van der Waals surface area contributed by atoms with Gasteiger partial charge in [0.1, 0.15) is 17.2 Å². The van der Waals surface area contributed by atoms with Crippen LogP contribution in [-0.4, -0.2) is 49.8 Å². The third kappa shape index (κ3) is 8.85. The first-order valence-corrected chi connectivity index (χ1v) is 13.6. The lowest BCUT2D eigenvalue weighted by atomic mass is 10.0. The summed E-state index contributed by atoms with van der Waals surface area (Å²) < 4.78 is 30.9. The van der Waals surface area contributed by atoms with E-state index in [1.807, 2.05) is 24.3 Å². The number of hydrogen-bond donors (Lipinski definition) is 4. The number of phenols is 1. The van der Waals surface area contributed by atoms with Crippen molar-refractivity contribution < 1.29 is 23.1 Å². The van der Waals surface area contributed by atoms with Gasteiger partial charge < -0.3 is 20.5 Å². The molecule has 11 heteroatoms. The number of sulfonamides is 1. The van der Waals surface area contributed by atoms with Gasteiger partial charge in [0.25, 0.3) is 0 Å². The van der Waals surface area contributed by atoms with Crippen LogP contribution in [0, 0.1) is 0 Å². The summed E-state index contributed by atoms with van der Waals surface area (Å²) in [5.74, 6) is 1.35. The normalized spacial score (nSPS) is 14.3. The van der Waals surface area contributed by atoms with Crippen LogP contribution in [0.2, 0.25) is 0 Å². The number of ether oxygens (including phenoxy) is 1. The number of nitrogens with one attached hydrogen (secondary N) is 3. The number of piperidine rings is 1. The van der Waals surface area contributed by atoms with Crippen molar-refractivity contribution in [1.82, 2.24) is 10.2 Å². The summed E-state index contributed by atoms with van der Waals surface area (Å²) in [4.78, 5) is 14.6. The molecule has 0 aromatic heterocycles. The fourth-order valence-electron chi connectivity index (χ4n) is 4.02. The molecule has 4 N–H and O–H groups in total. The number of benzene rings is 3. The number of phenolic OH excluding ortho intramolecular Hbond substituents is 1. The zero-order chi connectivity index (χ0) is 25.5. The average molecular weight is 547 g/mol. The maximum Gasteiger partial charge on any atom is 0.319 e. The van der Waals surface area contributed by atoms with E-state index in [-0.39, 0.29) is 30.2 Å². The molecular formula is C26H31ClN4O5S. The Balaban J connectivity index is 0.00000380. The Bertz CT molecular complexity index is 1280. The van der Waals surface area contributed by atoms with E-state index in [0.29, 0.717) is 22.9 Å². The highest BCUT2D eigenvalue weighted by atomic mass is 35.5. The number of rotatable bonds is 8. The molecule has 1 saturated heterocycles. The molecule has 0 aliphatic carbocycles. The summed E-state index contributed by atoms with van der Waals surface area (Å²) in [6.07, 6.45) is 2.80. The van der Waals surface area contributed by atoms with Crippen LogP contribution in [0.15, 0.2) is 72.8 Å². The molecule has 1 heterocycles. The van der Waals surface area contributed by atoms with Crippen molar-refractivity contribution in [2.75, 3.05) is 29.4 Å². The van der Waals surface area contributed by atoms with Crippen molar-refractivity contribution in [3.05, 3.63) is 78.4 Å². The molecule has 0 unspecified atom stereocenters. The largest absolute Gasteiger partial charge is 0.506 e. The number of urea groups is 1. The van der Waals surface area contributed by atoms with Crippen molar-refractivity contribution in [2.45, 2.75) is 25.4 Å². The Morgan fingerprint density at radius 1 is 0.973 bits per heavy atom. The number of aromatic hydroxyl groups is 1. The number of para-hydroxylation sites is 2. The van der Waals surface area contributed by atoms with Crippen LogP contribution in [0.3, 0.4) is 0 Å². The summed E-state index contributed by atoms with van der Waals surface area (Å²) in [6, 6.07) is 21.0. The van der Waals surface area contributed by atoms with Crippen LogP contribution in [-0.2, 0) is 16.6 Å². The molecule has 3 aromatic carbocycles. The zero-order valence-corrected chi connectivity index (χ0v) is 22.0. The molecule has 1 aliphatic heterocycles. The van der Waals surface area contributed by atoms with Gasteiger partial charge in [-0.1, -0.05) is 24.3 Å². The molecule has 4 rings (SSSR count). The summed E-state index contributed by atoms with van der Waals surface area (Å²) >= 11 is 0. The van der Waals surface area contributed by atoms with E-state index in [4.69, 9.17) is 4.74 Å². The molecular weight excluding hydrogens is 516 g/mol. The number of anilines is 2. The highest BCUT2D eigenvalue weighted by Gasteiger charge is 2.21. The second-order valence-electron chi connectivity index (χ2n) is 8.81. The van der Waals surface area contributed by atoms with Crippen LogP contribution >= 0.6 is 12.4 Å². The molecule has 1 fully saturated rings. The Morgan fingerprint density at radius 2 is 1.57 bits per heavy atom. The molecule has 0 spiro atoms. The first-order chi connectivity index (χ1) is 17.2. The van der Waals surface area contributed by atoms with Gasteiger partial charge in [0.2, 0.25) is 10.0 Å². The molecule has 3 aromatic rings. The predicted molar refractivity (Wildman–Crippen MR) is 147 cm³/mol. The maximum absolute atomic E-state index is 12.3. The highest BCUT2D eigenvalue weighted by molar-refractivity contribution is 7.92. The van der Waals surface area contributed by atoms with Crippen molar-refractivity contribution >= 4 is 39.8 Å². The van der Waals surface area contributed by atoms with Crippen LogP contribution in [0.5, 0.6) is 17.2 Å². The van der Waals surface area contributed by atoms with Gasteiger partial charge in [-0.25, -0.2) is 13.2 Å². The summed E-state index contributed by atoms with van der Waals surface area (Å²) in [5.41, 5.74) is 2.04. The standard InChI is InChI=1S/C26H30N4O5S.ClH/c1-36(33,34)29-21-8-12-23(13-9-21)35-22-10-6-19(7-11-22)18-30-16-14-20(15-17-30)27-26(32)28-24-4-2-3-5-25(24)31;/h2-13,20,29,31H,14-18H2,1H3,(H2,27,28,32);1H. The quantitative estimate of drug-likeness (QED) is 0.302. The SMILES string of the molecule is CS(=O)(=O)Nc1ccc(Oc2ccc(CN3CCC(NC(=O)Nc4ccccc4O)CC3)cc2)cc1.Cl. The number of carbonyl (C=O) groups excluding carboxylic acids is 1. The third-order valence-electron chi connectivity index (χ3n) is 5.80. The minimum absolute atomic E-state index is 0. The molecule has 0 saturated carbocycles. The summed E-state index contributed by atoms with van der Waals surface area (Å²) in [5, 5.41) is 15.5. The second kappa shape index (κ2) is 12.7. The van der Waals surface area contributed by atoms with Gasteiger partial charge in [-0.3, -0.25) is 9.62 Å². The average Bonchev–Trinajstić information content (AvgIpc) is 2.83. The van der Waals surface area contributed by atoms with Crippen molar-refractivity contribution in [2.24, 2.45) is 0 Å². The minimum atomic E-state index is -3.31. The number of hydrogen-bond acceptors (Lipinski definition) is 6. The lowest BCUT2D eigenvalue weighted by molar-refractivity contribution is 0.190. The molecule has 0 atom stereocenters. The number of likely N-dealkylation sites (tertiary alicyclic amines) is 1. The fraction of sp³-hybridized carbons (Fsp3) is 0.269. The minimum Gasteiger partial charge on any atom is -0.506 e. The maximum atomic E-state index is 12.3. The predicted octanol–water partition coefficient (Wildman–Crippen LogP) is 4.76. The van der Waals surface area contributed by atoms with Gasteiger partial charge in [-0.05, 0) is 66.9 Å². The summed E-state index contributed by atoms with van der Waals surface area (Å²) in [6.45, 7) is 2.55. The first kappa shape index (κ1) is 28.1. The van der Waals surface area contributed by atoms with E-state index in [1.165, 1.54) is 11.6 Å². The van der Waals surface area contributed by atoms with Crippen LogP contribution in [0.25, 0.3) is 0 Å². The number of halogens is 1. The van der Waals surface area contributed by atoms with Crippen molar-refractivity contribution in [3.63, 3.8) is 0 Å². The number of nitrogens with zero attached hydrogens (tertiary/aromatic N) is 1. The monoisotopic (exact) mass is 546 g/mol. The van der Waals surface area contributed by atoms with Gasteiger partial charge in [0.15, 0.2) is 0 Å². The zero-order valence-electron chi connectivity index (χ0n) is 20.4. The van der Waals surface area contributed by atoms with E-state index in [2.05, 4.69) is 20.3 Å². The third-order valence-corrected chi connectivity index (χ3v) is 6.40. The van der Waals surface area contributed by atoms with Gasteiger partial charge in [0, 0.05) is 31.4 Å².